The maximum atomic E-state index is 12.0. The molecule has 23 heavy (non-hydrogen) atoms. The van der Waals surface area contributed by atoms with Gasteiger partial charge >= 0.3 is 0 Å². The molecule has 1 aliphatic heterocycles. The van der Waals surface area contributed by atoms with Crippen molar-refractivity contribution in [2.75, 3.05) is 6.61 Å². The molecular formula is C12H15N5O6. The van der Waals surface area contributed by atoms with E-state index in [2.05, 4.69) is 15.1 Å². The first-order valence-corrected chi connectivity index (χ1v) is 6.68. The summed E-state index contributed by atoms with van der Waals surface area (Å²) in [5.41, 5.74) is 5.25. The lowest BCUT2D eigenvalue weighted by atomic mass is 10.1. The highest BCUT2D eigenvalue weighted by Crippen LogP contribution is 2.32. The summed E-state index contributed by atoms with van der Waals surface area (Å²) < 4.78 is 6.71. The molecule has 0 radical (unpaired) electrons. The quantitative estimate of drug-likeness (QED) is 0.154. The van der Waals surface area contributed by atoms with Gasteiger partial charge in [-0.3, -0.25) is 4.79 Å². The molecule has 4 atom stereocenters. The minimum Gasteiger partial charge on any atom is -0.409 e. The first kappa shape index (κ1) is 15.4. The van der Waals surface area contributed by atoms with E-state index >= 15 is 0 Å². The second kappa shape index (κ2) is 5.62. The number of aromatic nitrogens is 3. The second-order valence-electron chi connectivity index (χ2n) is 5.09. The first-order valence-electron chi connectivity index (χ1n) is 6.68. The highest BCUT2D eigenvalue weighted by atomic mass is 16.6. The van der Waals surface area contributed by atoms with Crippen LogP contribution in [0.15, 0.2) is 22.5 Å². The number of hydrogen-bond acceptors (Lipinski definition) is 8. The van der Waals surface area contributed by atoms with Gasteiger partial charge in [0.15, 0.2) is 12.1 Å². The molecular weight excluding hydrogens is 310 g/mol. The molecule has 1 fully saturated rings. The molecule has 0 bridgehead atoms. The standard InChI is InChI=1S/C12H15N5O6/c13-9(16-22)4-1-17(10-6(4)11(21)15-3-14-10)12-8(20)7(19)5(2-18)23-12/h1,3,5,7-8,12,18-20,22H,2H2,(H2,13,16)(H,14,15,21)/t5-,7-,8-,12-/m0/s1. The van der Waals surface area contributed by atoms with E-state index in [9.17, 15) is 15.0 Å². The van der Waals surface area contributed by atoms with Crippen LogP contribution in [0, 0.1) is 0 Å². The zero-order valence-electron chi connectivity index (χ0n) is 11.7. The number of nitrogens with zero attached hydrogens (tertiary/aromatic N) is 3. The van der Waals surface area contributed by atoms with Crippen molar-refractivity contribution in [2.45, 2.75) is 24.5 Å². The summed E-state index contributed by atoms with van der Waals surface area (Å²) in [5, 5.41) is 40.9. The lowest BCUT2D eigenvalue weighted by Crippen LogP contribution is -2.33. The van der Waals surface area contributed by atoms with E-state index in [4.69, 9.17) is 20.8 Å². The molecule has 0 aromatic carbocycles. The number of aliphatic hydroxyl groups excluding tert-OH is 3. The number of oxime groups is 1. The van der Waals surface area contributed by atoms with Crippen molar-refractivity contribution in [3.63, 3.8) is 0 Å². The van der Waals surface area contributed by atoms with Crippen LogP contribution in [0.2, 0.25) is 0 Å². The van der Waals surface area contributed by atoms with Gasteiger partial charge in [-0.25, -0.2) is 4.98 Å². The smallest absolute Gasteiger partial charge is 0.260 e. The summed E-state index contributed by atoms with van der Waals surface area (Å²) in [6.07, 6.45) is -2.28. The summed E-state index contributed by atoms with van der Waals surface area (Å²) in [5.74, 6) is -0.320. The van der Waals surface area contributed by atoms with Crippen LogP contribution in [0.4, 0.5) is 0 Å². The van der Waals surface area contributed by atoms with Crippen LogP contribution in [0.25, 0.3) is 11.0 Å². The molecule has 7 N–H and O–H groups in total. The van der Waals surface area contributed by atoms with E-state index in [1.807, 2.05) is 0 Å². The normalized spacial score (nSPS) is 28.6. The molecule has 3 rings (SSSR count). The Hall–Kier alpha value is -2.47. The van der Waals surface area contributed by atoms with E-state index in [0.717, 1.165) is 6.33 Å². The molecule has 0 unspecified atom stereocenters. The number of amidine groups is 1. The molecule has 124 valence electrons. The van der Waals surface area contributed by atoms with Crippen LogP contribution >= 0.6 is 0 Å². The van der Waals surface area contributed by atoms with Gasteiger partial charge in [0.25, 0.3) is 5.56 Å². The van der Waals surface area contributed by atoms with Gasteiger partial charge in [0.1, 0.15) is 24.0 Å². The van der Waals surface area contributed by atoms with Crippen LogP contribution < -0.4 is 11.3 Å². The number of nitrogens with two attached hydrogens (primary N) is 1. The zero-order chi connectivity index (χ0) is 16.7. The summed E-state index contributed by atoms with van der Waals surface area (Å²) in [7, 11) is 0. The molecule has 0 aliphatic carbocycles. The van der Waals surface area contributed by atoms with E-state index in [0.29, 0.717) is 0 Å². The third-order valence-corrected chi connectivity index (χ3v) is 3.79. The van der Waals surface area contributed by atoms with Crippen molar-refractivity contribution in [3.05, 3.63) is 28.4 Å². The second-order valence-corrected chi connectivity index (χ2v) is 5.09. The van der Waals surface area contributed by atoms with Gasteiger partial charge in [-0.05, 0) is 0 Å². The summed E-state index contributed by atoms with van der Waals surface area (Å²) in [6.45, 7) is -0.491. The molecule has 11 nitrogen and oxygen atoms in total. The lowest BCUT2D eigenvalue weighted by molar-refractivity contribution is -0.0508. The summed E-state index contributed by atoms with van der Waals surface area (Å²) in [4.78, 5) is 18.4. The van der Waals surface area contributed by atoms with Crippen molar-refractivity contribution in [2.24, 2.45) is 10.9 Å². The van der Waals surface area contributed by atoms with Crippen LogP contribution in [0.3, 0.4) is 0 Å². The van der Waals surface area contributed by atoms with E-state index in [-0.39, 0.29) is 22.4 Å². The van der Waals surface area contributed by atoms with E-state index in [1.54, 1.807) is 0 Å². The Bertz CT molecular complexity index is 814. The SMILES string of the molecule is N/C(=N/O)c1cn([C@H]2O[C@@H](CO)[C@H](O)[C@@H]2O)c2nc[nH]c(=O)c12. The fourth-order valence-electron chi connectivity index (χ4n) is 2.65. The van der Waals surface area contributed by atoms with Crippen LogP contribution in [0.1, 0.15) is 11.8 Å². The van der Waals surface area contributed by atoms with Gasteiger partial charge in [0.2, 0.25) is 0 Å². The molecule has 3 heterocycles. The number of rotatable bonds is 3. The average Bonchev–Trinajstić information content (AvgIpc) is 3.07. The minimum atomic E-state index is -1.36. The number of aliphatic hydroxyl groups is 3. The number of aromatic amines is 1. The van der Waals surface area contributed by atoms with Gasteiger partial charge in [-0.15, -0.1) is 0 Å². The predicted molar refractivity (Wildman–Crippen MR) is 75.9 cm³/mol. The van der Waals surface area contributed by atoms with Gasteiger partial charge in [-0.1, -0.05) is 5.16 Å². The highest BCUT2D eigenvalue weighted by molar-refractivity contribution is 6.07. The van der Waals surface area contributed by atoms with Gasteiger partial charge < -0.3 is 40.5 Å². The fourth-order valence-corrected chi connectivity index (χ4v) is 2.65. The molecule has 0 spiro atoms. The Kier molecular flexibility index (Phi) is 3.77. The Morgan fingerprint density at radius 3 is 2.83 bits per heavy atom. The van der Waals surface area contributed by atoms with Gasteiger partial charge in [0, 0.05) is 6.20 Å². The van der Waals surface area contributed by atoms with Crippen molar-refractivity contribution >= 4 is 16.9 Å². The molecule has 0 saturated carbocycles. The van der Waals surface area contributed by atoms with Crippen LogP contribution in [0.5, 0.6) is 0 Å². The number of fused-ring (bicyclic) bond motifs is 1. The first-order chi connectivity index (χ1) is 11.0. The monoisotopic (exact) mass is 325 g/mol. The number of ether oxygens (including phenoxy) is 1. The Morgan fingerprint density at radius 1 is 1.48 bits per heavy atom. The Balaban J connectivity index is 2.20. The van der Waals surface area contributed by atoms with Gasteiger partial charge in [0.05, 0.1) is 23.9 Å². The lowest BCUT2D eigenvalue weighted by Gasteiger charge is -2.17. The number of hydrogen-bond donors (Lipinski definition) is 6. The van der Waals surface area contributed by atoms with E-state index in [1.165, 1.54) is 10.8 Å². The zero-order valence-corrected chi connectivity index (χ0v) is 11.7. The summed E-state index contributed by atoms with van der Waals surface area (Å²) >= 11 is 0. The maximum Gasteiger partial charge on any atom is 0.260 e. The topological polar surface area (TPSA) is 179 Å². The summed E-state index contributed by atoms with van der Waals surface area (Å²) in [6, 6.07) is 0. The Morgan fingerprint density at radius 2 is 2.22 bits per heavy atom. The van der Waals surface area contributed by atoms with Crippen molar-refractivity contribution in [3.8, 4) is 0 Å². The van der Waals surface area contributed by atoms with Gasteiger partial charge in [-0.2, -0.15) is 0 Å². The average molecular weight is 325 g/mol. The van der Waals surface area contributed by atoms with Crippen molar-refractivity contribution < 1.29 is 25.3 Å². The maximum absolute atomic E-state index is 12.0. The molecule has 11 heteroatoms. The molecule has 2 aromatic heterocycles. The third kappa shape index (κ3) is 2.26. The number of H-pyrrole nitrogens is 1. The van der Waals surface area contributed by atoms with Crippen molar-refractivity contribution in [1.82, 2.24) is 14.5 Å². The predicted octanol–water partition coefficient (Wildman–Crippen LogP) is -2.57. The minimum absolute atomic E-state index is 0.0422. The third-order valence-electron chi connectivity index (χ3n) is 3.79. The van der Waals surface area contributed by atoms with E-state index < -0.39 is 36.7 Å². The Labute approximate surface area is 128 Å². The molecule has 0 amide bonds. The van der Waals surface area contributed by atoms with Crippen LogP contribution in [-0.2, 0) is 4.74 Å². The van der Waals surface area contributed by atoms with Crippen molar-refractivity contribution in [1.29, 1.82) is 0 Å². The molecule has 2 aromatic rings. The number of nitrogens with one attached hydrogen (secondary N) is 1. The fraction of sp³-hybridized carbons (Fsp3) is 0.417. The van der Waals surface area contributed by atoms with Crippen LogP contribution in [-0.4, -0.2) is 65.8 Å². The molecule has 1 saturated heterocycles. The molecule has 1 aliphatic rings. The highest BCUT2D eigenvalue weighted by Gasteiger charge is 2.44. The largest absolute Gasteiger partial charge is 0.409 e.